The van der Waals surface area contributed by atoms with Crippen LogP contribution >= 0.6 is 0 Å². The number of aromatic nitrogens is 4. The molecule has 0 spiro atoms. The van der Waals surface area contributed by atoms with Gasteiger partial charge in [-0.2, -0.15) is 23.4 Å². The molecule has 1 atom stereocenters. The van der Waals surface area contributed by atoms with E-state index in [4.69, 9.17) is 0 Å². The smallest absolute Gasteiger partial charge is 0.354 e. The van der Waals surface area contributed by atoms with E-state index < -0.39 is 29.7 Å². The number of hydrogen-bond donors (Lipinski definition) is 2. The number of nitrogens with zero attached hydrogens (tertiary/aromatic N) is 4. The molecule has 0 radical (unpaired) electrons. The second-order valence-electron chi connectivity index (χ2n) is 5.60. The van der Waals surface area contributed by atoms with E-state index in [1.54, 1.807) is 6.92 Å². The highest BCUT2D eigenvalue weighted by atomic mass is 19.4. The number of halogens is 3. The number of hydrogen-bond acceptors (Lipinski definition) is 4. The lowest BCUT2D eigenvalue weighted by molar-refractivity contribution is -0.141. The van der Waals surface area contributed by atoms with Gasteiger partial charge in [0.05, 0.1) is 5.69 Å². The maximum Gasteiger partial charge on any atom is 0.435 e. The third-order valence-corrected chi connectivity index (χ3v) is 3.74. The van der Waals surface area contributed by atoms with Crippen molar-refractivity contribution in [3.8, 4) is 0 Å². The molecule has 2 heterocycles. The van der Waals surface area contributed by atoms with E-state index in [1.807, 2.05) is 0 Å². The predicted octanol–water partition coefficient (Wildman–Crippen LogP) is 1.99. The highest BCUT2D eigenvalue weighted by Gasteiger charge is 2.35. The van der Waals surface area contributed by atoms with E-state index in [2.05, 4.69) is 20.8 Å². The van der Waals surface area contributed by atoms with Crippen molar-refractivity contribution in [3.63, 3.8) is 0 Å². The van der Waals surface area contributed by atoms with Crippen molar-refractivity contribution in [2.75, 3.05) is 12.4 Å². The van der Waals surface area contributed by atoms with E-state index in [0.717, 1.165) is 10.7 Å². The van der Waals surface area contributed by atoms with Crippen LogP contribution in [-0.2, 0) is 17.5 Å². The van der Waals surface area contributed by atoms with Gasteiger partial charge in [0, 0.05) is 25.5 Å². The molecule has 2 aromatic rings. The number of alkyl halides is 3. The van der Waals surface area contributed by atoms with E-state index >= 15 is 0 Å². The summed E-state index contributed by atoms with van der Waals surface area (Å²) in [6.45, 7) is 5.12. The number of anilines is 1. The zero-order valence-electron chi connectivity index (χ0n) is 14.7. The molecule has 0 aliphatic carbocycles. The zero-order chi connectivity index (χ0) is 19.6. The summed E-state index contributed by atoms with van der Waals surface area (Å²) in [6.07, 6.45) is -3.12. The Morgan fingerprint density at radius 2 is 1.96 bits per heavy atom. The lowest BCUT2D eigenvalue weighted by Gasteiger charge is -2.14. The molecule has 26 heavy (non-hydrogen) atoms. The Hall–Kier alpha value is -2.85. The fourth-order valence-electron chi connectivity index (χ4n) is 2.33. The lowest BCUT2D eigenvalue weighted by atomic mass is 10.2. The van der Waals surface area contributed by atoms with Gasteiger partial charge in [0.2, 0.25) is 5.91 Å². The van der Waals surface area contributed by atoms with Crippen molar-refractivity contribution in [1.82, 2.24) is 24.9 Å². The topological polar surface area (TPSA) is 93.8 Å². The molecule has 0 saturated carbocycles. The molecule has 0 saturated heterocycles. The van der Waals surface area contributed by atoms with Crippen molar-refractivity contribution in [1.29, 1.82) is 0 Å². The summed E-state index contributed by atoms with van der Waals surface area (Å²) in [5, 5.41) is 12.5. The SMILES string of the molecule is CCn1cc(NC(=O)C(C)n2nc(C(F)(F)F)cc2C)c(C(=O)NC)n1. The second kappa shape index (κ2) is 7.18. The zero-order valence-corrected chi connectivity index (χ0v) is 14.7. The Labute approximate surface area is 147 Å². The van der Waals surface area contributed by atoms with Crippen molar-refractivity contribution in [2.24, 2.45) is 0 Å². The molecular formula is C15H19F3N6O2. The van der Waals surface area contributed by atoms with Crippen LogP contribution in [0.25, 0.3) is 0 Å². The summed E-state index contributed by atoms with van der Waals surface area (Å²) in [5.74, 6) is -1.11. The first-order chi connectivity index (χ1) is 12.1. The van der Waals surface area contributed by atoms with Crippen molar-refractivity contribution in [3.05, 3.63) is 29.3 Å². The predicted molar refractivity (Wildman–Crippen MR) is 86.6 cm³/mol. The van der Waals surface area contributed by atoms with Crippen LogP contribution in [0.4, 0.5) is 18.9 Å². The molecule has 0 fully saturated rings. The molecular weight excluding hydrogens is 353 g/mol. The summed E-state index contributed by atoms with van der Waals surface area (Å²) in [5.41, 5.74) is -0.692. The molecule has 1 unspecified atom stereocenters. The minimum absolute atomic E-state index is 0.0167. The fraction of sp³-hybridized carbons (Fsp3) is 0.467. The first-order valence-electron chi connectivity index (χ1n) is 7.82. The summed E-state index contributed by atoms with van der Waals surface area (Å²) in [4.78, 5) is 24.3. The van der Waals surface area contributed by atoms with Gasteiger partial charge in [-0.3, -0.25) is 19.0 Å². The summed E-state index contributed by atoms with van der Waals surface area (Å²) in [6, 6.07) is -0.150. The molecule has 0 aliphatic heterocycles. The van der Waals surface area contributed by atoms with Gasteiger partial charge in [-0.05, 0) is 26.8 Å². The Balaban J connectivity index is 2.27. The van der Waals surface area contributed by atoms with Crippen LogP contribution in [0.1, 0.15) is 41.8 Å². The van der Waals surface area contributed by atoms with Crippen molar-refractivity contribution in [2.45, 2.75) is 39.5 Å². The number of amides is 2. The van der Waals surface area contributed by atoms with Crippen molar-refractivity contribution < 1.29 is 22.8 Å². The average molecular weight is 372 g/mol. The number of carbonyl (C=O) groups is 2. The molecule has 0 aliphatic rings. The first kappa shape index (κ1) is 19.5. The maximum atomic E-state index is 12.8. The molecule has 2 amide bonds. The van der Waals surface area contributed by atoms with Gasteiger partial charge in [-0.1, -0.05) is 0 Å². The largest absolute Gasteiger partial charge is 0.435 e. The fourth-order valence-corrected chi connectivity index (χ4v) is 2.33. The Kier molecular flexibility index (Phi) is 5.38. The van der Waals surface area contributed by atoms with E-state index in [0.29, 0.717) is 6.54 Å². The molecule has 2 N–H and O–H groups in total. The Bertz CT molecular complexity index is 824. The standard InChI is InChI=1S/C15H19F3N6O2/c1-5-23-7-10(12(22-23)14(26)19-4)20-13(25)9(3)24-8(2)6-11(21-24)15(16,17)18/h6-7,9H,5H2,1-4H3,(H,19,26)(H,20,25). The van der Waals surface area contributed by atoms with Crippen LogP contribution in [-0.4, -0.2) is 38.4 Å². The van der Waals surface area contributed by atoms with Gasteiger partial charge in [0.1, 0.15) is 6.04 Å². The molecule has 2 aromatic heterocycles. The third-order valence-electron chi connectivity index (χ3n) is 3.74. The molecule has 0 aromatic carbocycles. The van der Waals surface area contributed by atoms with Crippen LogP contribution < -0.4 is 10.6 Å². The van der Waals surface area contributed by atoms with Gasteiger partial charge in [-0.15, -0.1) is 0 Å². The highest BCUT2D eigenvalue weighted by molar-refractivity contribution is 6.02. The Morgan fingerprint density at radius 1 is 1.31 bits per heavy atom. The first-order valence-corrected chi connectivity index (χ1v) is 7.82. The molecule has 0 bridgehead atoms. The third kappa shape index (κ3) is 3.86. The number of nitrogens with one attached hydrogen (secondary N) is 2. The molecule has 11 heteroatoms. The lowest BCUT2D eigenvalue weighted by Crippen LogP contribution is -2.27. The van der Waals surface area contributed by atoms with Crippen molar-refractivity contribution >= 4 is 17.5 Å². The monoisotopic (exact) mass is 372 g/mol. The summed E-state index contributed by atoms with van der Waals surface area (Å²) < 4.78 is 40.8. The molecule has 142 valence electrons. The second-order valence-corrected chi connectivity index (χ2v) is 5.60. The van der Waals surface area contributed by atoms with Gasteiger partial charge >= 0.3 is 6.18 Å². The summed E-state index contributed by atoms with van der Waals surface area (Å²) in [7, 11) is 1.42. The average Bonchev–Trinajstić information content (AvgIpc) is 3.16. The van der Waals surface area contributed by atoms with Crippen LogP contribution in [0, 0.1) is 6.92 Å². The van der Waals surface area contributed by atoms with E-state index in [9.17, 15) is 22.8 Å². The van der Waals surface area contributed by atoms with Gasteiger partial charge in [-0.25, -0.2) is 0 Å². The van der Waals surface area contributed by atoms with Gasteiger partial charge in [0.25, 0.3) is 5.91 Å². The Morgan fingerprint density at radius 3 is 2.46 bits per heavy atom. The maximum absolute atomic E-state index is 12.8. The number of rotatable bonds is 5. The molecule has 8 nitrogen and oxygen atoms in total. The summed E-state index contributed by atoms with van der Waals surface area (Å²) >= 11 is 0. The van der Waals surface area contributed by atoms with Crippen LogP contribution in [0.15, 0.2) is 12.3 Å². The minimum atomic E-state index is -4.60. The normalized spacial score (nSPS) is 12.7. The van der Waals surface area contributed by atoms with E-state index in [-0.39, 0.29) is 17.1 Å². The van der Waals surface area contributed by atoms with Gasteiger partial charge in [0.15, 0.2) is 11.4 Å². The highest BCUT2D eigenvalue weighted by Crippen LogP contribution is 2.29. The number of aryl methyl sites for hydroxylation is 2. The number of carbonyl (C=O) groups excluding carboxylic acids is 2. The van der Waals surface area contributed by atoms with E-state index in [1.165, 1.54) is 31.8 Å². The van der Waals surface area contributed by atoms with Crippen LogP contribution in [0.2, 0.25) is 0 Å². The van der Waals surface area contributed by atoms with Gasteiger partial charge < -0.3 is 10.6 Å². The minimum Gasteiger partial charge on any atom is -0.354 e. The molecule has 2 rings (SSSR count). The van der Waals surface area contributed by atoms with Crippen LogP contribution in [0.5, 0.6) is 0 Å². The van der Waals surface area contributed by atoms with Crippen LogP contribution in [0.3, 0.4) is 0 Å². The quantitative estimate of drug-likeness (QED) is 0.839.